The molecule has 7 nitrogen and oxygen atoms in total. The molecule has 1 amide bonds. The van der Waals surface area contributed by atoms with Crippen LogP contribution >= 0.6 is 0 Å². The Morgan fingerprint density at radius 2 is 1.69 bits per heavy atom. The zero-order valence-corrected chi connectivity index (χ0v) is 18.4. The Morgan fingerprint density at radius 1 is 1.03 bits per heavy atom. The molecule has 0 spiro atoms. The molecule has 32 heavy (non-hydrogen) atoms. The molecule has 1 saturated heterocycles. The minimum absolute atomic E-state index is 0.00437. The maximum absolute atomic E-state index is 13.0. The van der Waals surface area contributed by atoms with Gasteiger partial charge in [-0.15, -0.1) is 0 Å². The molecule has 0 bridgehead atoms. The van der Waals surface area contributed by atoms with Crippen molar-refractivity contribution < 1.29 is 13.7 Å². The number of benzene rings is 2. The second-order valence-corrected chi connectivity index (χ2v) is 8.09. The standard InChI is InChI=1S/C24H28FN5O2/c1-17(23(31)26-16-19-8-10-21(25)11-9-19)29-12-14-30(15-13-29)18(2)24-27-22(28-32-24)20-6-4-3-5-7-20/h3-11,17-18H,12-16H2,1-2H3,(H,26,31)/t17-,18+/m1/s1. The summed E-state index contributed by atoms with van der Waals surface area (Å²) in [5.74, 6) is 0.887. The molecule has 1 aromatic heterocycles. The monoisotopic (exact) mass is 437 g/mol. The van der Waals surface area contributed by atoms with Gasteiger partial charge in [0.15, 0.2) is 0 Å². The van der Waals surface area contributed by atoms with Crippen molar-refractivity contribution in [1.29, 1.82) is 0 Å². The van der Waals surface area contributed by atoms with E-state index < -0.39 is 0 Å². The Kier molecular flexibility index (Phi) is 6.92. The Labute approximate surface area is 187 Å². The lowest BCUT2D eigenvalue weighted by Crippen LogP contribution is -2.54. The topological polar surface area (TPSA) is 74.5 Å². The van der Waals surface area contributed by atoms with E-state index in [1.165, 1.54) is 12.1 Å². The van der Waals surface area contributed by atoms with Gasteiger partial charge in [0.1, 0.15) is 5.82 Å². The largest absolute Gasteiger partial charge is 0.351 e. The molecule has 1 aliphatic rings. The Morgan fingerprint density at radius 3 is 2.38 bits per heavy atom. The summed E-state index contributed by atoms with van der Waals surface area (Å²) in [6.45, 7) is 7.53. The van der Waals surface area contributed by atoms with E-state index in [0.29, 0.717) is 18.3 Å². The normalized spacial score (nSPS) is 17.1. The van der Waals surface area contributed by atoms with Crippen LogP contribution in [0, 0.1) is 5.82 Å². The Hall–Kier alpha value is -3.10. The first-order valence-corrected chi connectivity index (χ1v) is 10.9. The molecule has 3 aromatic rings. The number of carbonyl (C=O) groups excluding carboxylic acids is 1. The Bertz CT molecular complexity index is 1020. The summed E-state index contributed by atoms with van der Waals surface area (Å²) >= 11 is 0. The average molecular weight is 438 g/mol. The second-order valence-electron chi connectivity index (χ2n) is 8.09. The van der Waals surface area contributed by atoms with E-state index in [0.717, 1.165) is 37.3 Å². The molecule has 2 aromatic carbocycles. The van der Waals surface area contributed by atoms with Crippen LogP contribution in [0.2, 0.25) is 0 Å². The fourth-order valence-corrected chi connectivity index (χ4v) is 3.88. The maximum Gasteiger partial charge on any atom is 0.244 e. The van der Waals surface area contributed by atoms with Gasteiger partial charge in [0, 0.05) is 38.3 Å². The van der Waals surface area contributed by atoms with Gasteiger partial charge >= 0.3 is 0 Å². The van der Waals surface area contributed by atoms with Crippen LogP contribution < -0.4 is 5.32 Å². The predicted molar refractivity (Wildman–Crippen MR) is 119 cm³/mol. The number of hydrogen-bond acceptors (Lipinski definition) is 6. The van der Waals surface area contributed by atoms with Gasteiger partial charge in [0.2, 0.25) is 17.6 Å². The summed E-state index contributed by atoms with van der Waals surface area (Å²) in [5, 5.41) is 7.07. The van der Waals surface area contributed by atoms with E-state index in [2.05, 4.69) is 32.2 Å². The highest BCUT2D eigenvalue weighted by atomic mass is 19.1. The van der Waals surface area contributed by atoms with Gasteiger partial charge < -0.3 is 9.84 Å². The van der Waals surface area contributed by atoms with E-state index in [1.807, 2.05) is 37.3 Å². The van der Waals surface area contributed by atoms with Crippen LogP contribution in [-0.4, -0.2) is 58.1 Å². The highest BCUT2D eigenvalue weighted by Gasteiger charge is 2.29. The summed E-state index contributed by atoms with van der Waals surface area (Å²) in [4.78, 5) is 21.6. The van der Waals surface area contributed by atoms with Crippen molar-refractivity contribution in [2.45, 2.75) is 32.5 Å². The maximum atomic E-state index is 13.0. The molecule has 0 radical (unpaired) electrons. The lowest BCUT2D eigenvalue weighted by atomic mass is 10.1. The van der Waals surface area contributed by atoms with Crippen molar-refractivity contribution in [2.24, 2.45) is 0 Å². The minimum atomic E-state index is -0.280. The third-order valence-corrected chi connectivity index (χ3v) is 6.03. The van der Waals surface area contributed by atoms with Gasteiger partial charge in [-0.1, -0.05) is 47.6 Å². The molecule has 0 aliphatic carbocycles. The number of aromatic nitrogens is 2. The van der Waals surface area contributed by atoms with E-state index in [1.54, 1.807) is 12.1 Å². The molecular weight excluding hydrogens is 409 g/mol. The van der Waals surface area contributed by atoms with Crippen LogP contribution in [0.4, 0.5) is 4.39 Å². The predicted octanol–water partition coefficient (Wildman–Crippen LogP) is 3.26. The van der Waals surface area contributed by atoms with E-state index in [-0.39, 0.29) is 23.8 Å². The van der Waals surface area contributed by atoms with E-state index >= 15 is 0 Å². The van der Waals surface area contributed by atoms with Crippen molar-refractivity contribution in [3.05, 3.63) is 71.9 Å². The average Bonchev–Trinajstić information content (AvgIpc) is 3.34. The lowest BCUT2D eigenvalue weighted by molar-refractivity contribution is -0.126. The summed E-state index contributed by atoms with van der Waals surface area (Å²) < 4.78 is 18.5. The fraction of sp³-hybridized carbons (Fsp3) is 0.375. The number of nitrogens with zero attached hydrogens (tertiary/aromatic N) is 4. The van der Waals surface area contributed by atoms with Gasteiger partial charge in [0.05, 0.1) is 12.1 Å². The summed E-state index contributed by atoms with van der Waals surface area (Å²) in [6.07, 6.45) is 0. The van der Waals surface area contributed by atoms with Crippen LogP contribution in [-0.2, 0) is 11.3 Å². The van der Waals surface area contributed by atoms with Crippen LogP contribution in [0.15, 0.2) is 59.1 Å². The molecule has 8 heteroatoms. The molecule has 168 valence electrons. The van der Waals surface area contributed by atoms with Crippen LogP contribution in [0.25, 0.3) is 11.4 Å². The first-order valence-electron chi connectivity index (χ1n) is 10.9. The van der Waals surface area contributed by atoms with Crippen molar-refractivity contribution >= 4 is 5.91 Å². The van der Waals surface area contributed by atoms with Crippen LogP contribution in [0.1, 0.15) is 31.3 Å². The van der Waals surface area contributed by atoms with E-state index in [9.17, 15) is 9.18 Å². The van der Waals surface area contributed by atoms with Crippen molar-refractivity contribution in [3.63, 3.8) is 0 Å². The number of halogens is 1. The quantitative estimate of drug-likeness (QED) is 0.612. The molecule has 1 aliphatic heterocycles. The van der Waals surface area contributed by atoms with Crippen molar-refractivity contribution in [3.8, 4) is 11.4 Å². The minimum Gasteiger partial charge on any atom is -0.351 e. The van der Waals surface area contributed by atoms with Crippen LogP contribution in [0.5, 0.6) is 0 Å². The molecule has 2 heterocycles. The molecule has 2 atom stereocenters. The van der Waals surface area contributed by atoms with Gasteiger partial charge in [-0.05, 0) is 31.5 Å². The third kappa shape index (κ3) is 5.20. The smallest absolute Gasteiger partial charge is 0.244 e. The first kappa shape index (κ1) is 22.1. The SMILES string of the molecule is C[C@H](C(=O)NCc1ccc(F)cc1)N1CCN([C@@H](C)c2nc(-c3ccccc3)no2)CC1. The molecule has 1 N–H and O–H groups in total. The number of amides is 1. The highest BCUT2D eigenvalue weighted by Crippen LogP contribution is 2.23. The number of piperazine rings is 1. The van der Waals surface area contributed by atoms with Gasteiger partial charge in [-0.3, -0.25) is 14.6 Å². The van der Waals surface area contributed by atoms with Gasteiger partial charge in [-0.25, -0.2) is 4.39 Å². The molecule has 0 saturated carbocycles. The second kappa shape index (κ2) is 10.0. The highest BCUT2D eigenvalue weighted by molar-refractivity contribution is 5.81. The Balaban J connectivity index is 1.27. The van der Waals surface area contributed by atoms with E-state index in [4.69, 9.17) is 4.52 Å². The van der Waals surface area contributed by atoms with Gasteiger partial charge in [-0.2, -0.15) is 4.98 Å². The summed E-state index contributed by atoms with van der Waals surface area (Å²) in [7, 11) is 0. The third-order valence-electron chi connectivity index (χ3n) is 6.03. The molecule has 4 rings (SSSR count). The molecule has 1 fully saturated rings. The molecular formula is C24H28FN5O2. The number of hydrogen-bond donors (Lipinski definition) is 1. The van der Waals surface area contributed by atoms with Gasteiger partial charge in [0.25, 0.3) is 0 Å². The number of rotatable bonds is 7. The van der Waals surface area contributed by atoms with Crippen molar-refractivity contribution in [2.75, 3.05) is 26.2 Å². The zero-order chi connectivity index (χ0) is 22.5. The lowest BCUT2D eigenvalue weighted by Gasteiger charge is -2.39. The summed E-state index contributed by atoms with van der Waals surface area (Å²) in [5.41, 5.74) is 1.81. The fourth-order valence-electron chi connectivity index (χ4n) is 3.88. The first-order chi connectivity index (χ1) is 15.5. The summed E-state index contributed by atoms with van der Waals surface area (Å²) in [6, 6.07) is 15.7. The zero-order valence-electron chi connectivity index (χ0n) is 18.4. The van der Waals surface area contributed by atoms with Crippen molar-refractivity contribution in [1.82, 2.24) is 25.3 Å². The van der Waals surface area contributed by atoms with Crippen LogP contribution in [0.3, 0.4) is 0 Å². The number of nitrogens with one attached hydrogen (secondary N) is 1. The number of carbonyl (C=O) groups is 1. The molecule has 0 unspecified atom stereocenters.